The molecule has 1 heterocycles. The summed E-state index contributed by atoms with van der Waals surface area (Å²) in [6.45, 7) is 6.60. The number of aliphatic hydroxyl groups excluding tert-OH is 1. The first-order valence-electron chi connectivity index (χ1n) is 7.79. The Hall–Kier alpha value is -2.05. The highest BCUT2D eigenvalue weighted by Gasteiger charge is 2.11. The molecular formula is C17H25N3O3. The third-order valence-electron chi connectivity index (χ3n) is 3.50. The molecule has 6 heteroatoms. The number of methoxy groups -OCH3 is 1. The first-order valence-corrected chi connectivity index (χ1v) is 7.79. The van der Waals surface area contributed by atoms with Crippen molar-refractivity contribution in [1.29, 1.82) is 0 Å². The van der Waals surface area contributed by atoms with Gasteiger partial charge in [-0.15, -0.1) is 0 Å². The molecule has 0 bridgehead atoms. The predicted octanol–water partition coefficient (Wildman–Crippen LogP) is 2.12. The van der Waals surface area contributed by atoms with Gasteiger partial charge in [0.2, 0.25) is 0 Å². The van der Waals surface area contributed by atoms with Crippen molar-refractivity contribution in [3.8, 4) is 11.5 Å². The number of nitrogens with one attached hydrogen (secondary N) is 1. The fraction of sp³-hybridized carbons (Fsp3) is 0.471. The van der Waals surface area contributed by atoms with Crippen molar-refractivity contribution >= 4 is 0 Å². The van der Waals surface area contributed by atoms with E-state index in [0.29, 0.717) is 26.2 Å². The summed E-state index contributed by atoms with van der Waals surface area (Å²) >= 11 is 0. The minimum atomic E-state index is 0.112. The summed E-state index contributed by atoms with van der Waals surface area (Å²) in [5, 5.41) is 9.30. The Morgan fingerprint density at radius 3 is 2.70 bits per heavy atom. The van der Waals surface area contributed by atoms with Crippen molar-refractivity contribution < 1.29 is 14.6 Å². The Kier molecular flexibility index (Phi) is 6.43. The van der Waals surface area contributed by atoms with Gasteiger partial charge in [0.15, 0.2) is 11.5 Å². The van der Waals surface area contributed by atoms with E-state index in [2.05, 4.69) is 14.9 Å². The van der Waals surface area contributed by atoms with Crippen LogP contribution in [0.2, 0.25) is 0 Å². The van der Waals surface area contributed by atoms with Crippen molar-refractivity contribution in [2.45, 2.75) is 26.9 Å². The SMILES string of the molecule is CCOc1ccc(CN(CCO)Cc2cnc(C)[nH]2)cc1OC. The lowest BCUT2D eigenvalue weighted by Crippen LogP contribution is -2.26. The maximum absolute atomic E-state index is 9.30. The maximum Gasteiger partial charge on any atom is 0.161 e. The molecule has 126 valence electrons. The number of ether oxygens (including phenoxy) is 2. The molecule has 0 aliphatic heterocycles. The zero-order valence-corrected chi connectivity index (χ0v) is 14.0. The molecule has 0 saturated carbocycles. The van der Waals surface area contributed by atoms with E-state index >= 15 is 0 Å². The second-order valence-corrected chi connectivity index (χ2v) is 5.35. The molecule has 2 rings (SSSR count). The van der Waals surface area contributed by atoms with Crippen LogP contribution in [0.25, 0.3) is 0 Å². The van der Waals surface area contributed by atoms with Gasteiger partial charge >= 0.3 is 0 Å². The van der Waals surface area contributed by atoms with Crippen LogP contribution < -0.4 is 9.47 Å². The molecule has 2 aromatic rings. The van der Waals surface area contributed by atoms with Crippen LogP contribution in [0.1, 0.15) is 24.0 Å². The highest BCUT2D eigenvalue weighted by atomic mass is 16.5. The number of nitrogens with zero attached hydrogens (tertiary/aromatic N) is 2. The molecule has 1 aromatic carbocycles. The van der Waals surface area contributed by atoms with Gasteiger partial charge in [-0.1, -0.05) is 6.07 Å². The Bertz CT molecular complexity index is 613. The van der Waals surface area contributed by atoms with E-state index < -0.39 is 0 Å². The largest absolute Gasteiger partial charge is 0.493 e. The van der Waals surface area contributed by atoms with Crippen LogP contribution in [0.5, 0.6) is 11.5 Å². The minimum absolute atomic E-state index is 0.112. The lowest BCUT2D eigenvalue weighted by atomic mass is 10.2. The van der Waals surface area contributed by atoms with E-state index in [-0.39, 0.29) is 6.61 Å². The average Bonchev–Trinajstić information content (AvgIpc) is 2.94. The van der Waals surface area contributed by atoms with Gasteiger partial charge in [0.1, 0.15) is 5.82 Å². The maximum atomic E-state index is 9.30. The molecule has 6 nitrogen and oxygen atoms in total. The van der Waals surface area contributed by atoms with Crippen LogP contribution in [0.15, 0.2) is 24.4 Å². The summed E-state index contributed by atoms with van der Waals surface area (Å²) in [7, 11) is 1.64. The molecular weight excluding hydrogens is 294 g/mol. The highest BCUT2D eigenvalue weighted by Crippen LogP contribution is 2.28. The normalized spacial score (nSPS) is 11.0. The molecule has 0 amide bonds. The van der Waals surface area contributed by atoms with Crippen molar-refractivity contribution in [2.75, 3.05) is 26.9 Å². The van der Waals surface area contributed by atoms with E-state index in [1.54, 1.807) is 7.11 Å². The fourth-order valence-corrected chi connectivity index (χ4v) is 2.49. The molecule has 0 atom stereocenters. The molecule has 0 aliphatic carbocycles. The molecule has 23 heavy (non-hydrogen) atoms. The number of imidazole rings is 1. The summed E-state index contributed by atoms with van der Waals surface area (Å²) < 4.78 is 10.9. The highest BCUT2D eigenvalue weighted by molar-refractivity contribution is 5.42. The Morgan fingerprint density at radius 2 is 2.09 bits per heavy atom. The number of aryl methyl sites for hydroxylation is 1. The number of aliphatic hydroxyl groups is 1. The number of benzene rings is 1. The molecule has 0 radical (unpaired) electrons. The van der Waals surface area contributed by atoms with Crippen molar-refractivity contribution in [3.63, 3.8) is 0 Å². The van der Waals surface area contributed by atoms with Gasteiger partial charge in [-0.05, 0) is 31.5 Å². The third-order valence-corrected chi connectivity index (χ3v) is 3.50. The summed E-state index contributed by atoms with van der Waals surface area (Å²) in [6, 6.07) is 5.93. The number of aromatic nitrogens is 2. The summed E-state index contributed by atoms with van der Waals surface area (Å²) in [5.41, 5.74) is 2.14. The predicted molar refractivity (Wildman–Crippen MR) is 88.7 cm³/mol. The van der Waals surface area contributed by atoms with E-state index in [4.69, 9.17) is 9.47 Å². The van der Waals surface area contributed by atoms with E-state index in [1.165, 1.54) is 0 Å². The van der Waals surface area contributed by atoms with Gasteiger partial charge in [0.05, 0.1) is 20.3 Å². The second-order valence-electron chi connectivity index (χ2n) is 5.35. The van der Waals surface area contributed by atoms with Gasteiger partial charge in [-0.25, -0.2) is 4.98 Å². The molecule has 2 N–H and O–H groups in total. The van der Waals surface area contributed by atoms with E-state index in [1.807, 2.05) is 38.2 Å². The first kappa shape index (κ1) is 17.3. The molecule has 0 fully saturated rings. The van der Waals surface area contributed by atoms with Crippen molar-refractivity contribution in [1.82, 2.24) is 14.9 Å². The number of H-pyrrole nitrogens is 1. The van der Waals surface area contributed by atoms with Crippen LogP contribution in [-0.2, 0) is 13.1 Å². The zero-order chi connectivity index (χ0) is 16.7. The number of rotatable bonds is 9. The van der Waals surface area contributed by atoms with Crippen LogP contribution in [0.3, 0.4) is 0 Å². The molecule has 0 spiro atoms. The molecule has 0 saturated heterocycles. The summed E-state index contributed by atoms with van der Waals surface area (Å²) in [5.74, 6) is 2.37. The van der Waals surface area contributed by atoms with Gasteiger partial charge in [-0.2, -0.15) is 0 Å². The monoisotopic (exact) mass is 319 g/mol. The Morgan fingerprint density at radius 1 is 1.26 bits per heavy atom. The topological polar surface area (TPSA) is 70.6 Å². The average molecular weight is 319 g/mol. The fourth-order valence-electron chi connectivity index (χ4n) is 2.49. The van der Waals surface area contributed by atoms with Gasteiger partial charge in [-0.3, -0.25) is 4.90 Å². The van der Waals surface area contributed by atoms with Gasteiger partial charge in [0.25, 0.3) is 0 Å². The summed E-state index contributed by atoms with van der Waals surface area (Å²) in [4.78, 5) is 9.59. The second kappa shape index (κ2) is 8.55. The Balaban J connectivity index is 2.09. The number of hydrogen-bond donors (Lipinski definition) is 2. The zero-order valence-electron chi connectivity index (χ0n) is 14.0. The smallest absolute Gasteiger partial charge is 0.161 e. The van der Waals surface area contributed by atoms with Gasteiger partial charge in [0, 0.05) is 31.5 Å². The van der Waals surface area contributed by atoms with Crippen LogP contribution in [0, 0.1) is 6.92 Å². The molecule has 1 aromatic heterocycles. The standard InChI is InChI=1S/C17H25N3O3/c1-4-23-16-6-5-14(9-17(16)22-3)11-20(7-8-21)12-15-10-18-13(2)19-15/h5-6,9-10,21H,4,7-8,11-12H2,1-3H3,(H,18,19). The summed E-state index contributed by atoms with van der Waals surface area (Å²) in [6.07, 6.45) is 1.83. The lowest BCUT2D eigenvalue weighted by Gasteiger charge is -2.21. The van der Waals surface area contributed by atoms with E-state index in [0.717, 1.165) is 28.6 Å². The van der Waals surface area contributed by atoms with Crippen LogP contribution in [0.4, 0.5) is 0 Å². The quantitative estimate of drug-likeness (QED) is 0.741. The van der Waals surface area contributed by atoms with Crippen LogP contribution in [-0.4, -0.2) is 46.8 Å². The van der Waals surface area contributed by atoms with Gasteiger partial charge < -0.3 is 19.6 Å². The number of hydrogen-bond acceptors (Lipinski definition) is 5. The van der Waals surface area contributed by atoms with Crippen molar-refractivity contribution in [2.24, 2.45) is 0 Å². The Labute approximate surface area is 137 Å². The first-order chi connectivity index (χ1) is 11.2. The third kappa shape index (κ3) is 4.97. The molecule has 0 aliphatic rings. The minimum Gasteiger partial charge on any atom is -0.493 e. The number of aromatic amines is 1. The van der Waals surface area contributed by atoms with E-state index in [9.17, 15) is 5.11 Å². The lowest BCUT2D eigenvalue weighted by molar-refractivity contribution is 0.183. The van der Waals surface area contributed by atoms with Crippen molar-refractivity contribution in [3.05, 3.63) is 41.5 Å². The molecule has 0 unspecified atom stereocenters. The van der Waals surface area contributed by atoms with Crippen LogP contribution >= 0.6 is 0 Å².